The van der Waals surface area contributed by atoms with E-state index in [2.05, 4.69) is 47.2 Å². The van der Waals surface area contributed by atoms with Crippen LogP contribution in [-0.2, 0) is 12.8 Å². The summed E-state index contributed by atoms with van der Waals surface area (Å²) in [6.07, 6.45) is 1.85. The van der Waals surface area contributed by atoms with Crippen LogP contribution in [0.15, 0.2) is 42.5 Å². The number of rotatable bonds is 4. The zero-order valence-electron chi connectivity index (χ0n) is 11.8. The van der Waals surface area contributed by atoms with E-state index in [9.17, 15) is 0 Å². The fourth-order valence-electron chi connectivity index (χ4n) is 2.35. The van der Waals surface area contributed by atoms with Crippen molar-refractivity contribution in [2.75, 3.05) is 7.11 Å². The van der Waals surface area contributed by atoms with Crippen LogP contribution < -0.4 is 4.74 Å². The van der Waals surface area contributed by atoms with Crippen molar-refractivity contribution in [3.63, 3.8) is 0 Å². The van der Waals surface area contributed by atoms with E-state index >= 15 is 0 Å². The Morgan fingerprint density at radius 1 is 1.05 bits per heavy atom. The average Bonchev–Trinajstić information content (AvgIpc) is 2.89. The van der Waals surface area contributed by atoms with Gasteiger partial charge in [0.15, 0.2) is 0 Å². The third-order valence-electron chi connectivity index (χ3n) is 3.53. The molecule has 1 aromatic heterocycles. The Hall–Kier alpha value is -2.29. The van der Waals surface area contributed by atoms with Gasteiger partial charge < -0.3 is 9.72 Å². The highest BCUT2D eigenvalue weighted by Gasteiger charge is 2.04. The van der Waals surface area contributed by atoms with Gasteiger partial charge in [0.25, 0.3) is 0 Å². The number of aromatic amines is 1. The molecular formula is C17H18N2O. The normalized spacial score (nSPS) is 10.9. The van der Waals surface area contributed by atoms with E-state index in [1.165, 1.54) is 11.1 Å². The number of H-pyrrole nitrogens is 1. The van der Waals surface area contributed by atoms with E-state index in [4.69, 9.17) is 4.74 Å². The molecule has 0 amide bonds. The Morgan fingerprint density at radius 3 is 2.50 bits per heavy atom. The number of benzene rings is 2. The first-order chi connectivity index (χ1) is 9.78. The summed E-state index contributed by atoms with van der Waals surface area (Å²) in [5.41, 5.74) is 4.70. The number of aryl methyl sites for hydroxylation is 1. The summed E-state index contributed by atoms with van der Waals surface area (Å²) in [6, 6.07) is 14.5. The fraction of sp³-hybridized carbons (Fsp3) is 0.235. The average molecular weight is 266 g/mol. The maximum absolute atomic E-state index is 5.17. The lowest BCUT2D eigenvalue weighted by molar-refractivity contribution is 0.414. The zero-order chi connectivity index (χ0) is 13.9. The maximum atomic E-state index is 5.17. The van der Waals surface area contributed by atoms with Crippen molar-refractivity contribution in [3.8, 4) is 5.75 Å². The van der Waals surface area contributed by atoms with E-state index in [0.29, 0.717) is 0 Å². The molecule has 0 saturated carbocycles. The van der Waals surface area contributed by atoms with Crippen LogP contribution in [0, 0.1) is 0 Å². The van der Waals surface area contributed by atoms with Crippen LogP contribution in [0.4, 0.5) is 0 Å². The fourth-order valence-corrected chi connectivity index (χ4v) is 2.35. The van der Waals surface area contributed by atoms with Gasteiger partial charge in [-0.25, -0.2) is 4.98 Å². The summed E-state index contributed by atoms with van der Waals surface area (Å²) in [7, 11) is 1.68. The van der Waals surface area contributed by atoms with E-state index in [-0.39, 0.29) is 0 Å². The third-order valence-corrected chi connectivity index (χ3v) is 3.53. The summed E-state index contributed by atoms with van der Waals surface area (Å²) in [6.45, 7) is 2.16. The van der Waals surface area contributed by atoms with Crippen molar-refractivity contribution in [2.45, 2.75) is 19.8 Å². The molecule has 0 aliphatic rings. The molecule has 0 atom stereocenters. The van der Waals surface area contributed by atoms with Crippen LogP contribution in [0.2, 0.25) is 0 Å². The van der Waals surface area contributed by atoms with Crippen molar-refractivity contribution in [1.29, 1.82) is 0 Å². The van der Waals surface area contributed by atoms with E-state index < -0.39 is 0 Å². The Bertz CT molecular complexity index is 713. The first-order valence-corrected chi connectivity index (χ1v) is 6.89. The lowest BCUT2D eigenvalue weighted by Gasteiger charge is -2.01. The summed E-state index contributed by atoms with van der Waals surface area (Å²) >= 11 is 0. The molecule has 0 aliphatic carbocycles. The number of hydrogen-bond acceptors (Lipinski definition) is 2. The van der Waals surface area contributed by atoms with Crippen molar-refractivity contribution in [2.24, 2.45) is 0 Å². The molecule has 3 nitrogen and oxygen atoms in total. The molecule has 0 spiro atoms. The maximum Gasteiger partial charge on any atom is 0.118 e. The molecule has 3 rings (SSSR count). The molecule has 20 heavy (non-hydrogen) atoms. The van der Waals surface area contributed by atoms with E-state index in [1.54, 1.807) is 7.11 Å². The summed E-state index contributed by atoms with van der Waals surface area (Å²) in [5.74, 6) is 1.88. The number of aromatic nitrogens is 2. The first kappa shape index (κ1) is 12.7. The van der Waals surface area contributed by atoms with Crippen molar-refractivity contribution < 1.29 is 4.74 Å². The van der Waals surface area contributed by atoms with Gasteiger partial charge in [-0.05, 0) is 41.8 Å². The minimum atomic E-state index is 0.806. The summed E-state index contributed by atoms with van der Waals surface area (Å²) < 4.78 is 5.17. The quantitative estimate of drug-likeness (QED) is 0.781. The van der Waals surface area contributed by atoms with Gasteiger partial charge in [0.2, 0.25) is 0 Å². The molecule has 0 saturated heterocycles. The van der Waals surface area contributed by atoms with Crippen LogP contribution in [0.3, 0.4) is 0 Å². The molecule has 0 radical (unpaired) electrons. The number of fused-ring (bicyclic) bond motifs is 1. The lowest BCUT2D eigenvalue weighted by Crippen LogP contribution is -1.91. The summed E-state index contributed by atoms with van der Waals surface area (Å²) in [4.78, 5) is 8.04. The van der Waals surface area contributed by atoms with Gasteiger partial charge in [-0.2, -0.15) is 0 Å². The Labute approximate surface area is 118 Å². The Balaban J connectivity index is 1.86. The molecule has 2 aromatic carbocycles. The molecule has 0 fully saturated rings. The van der Waals surface area contributed by atoms with Crippen molar-refractivity contribution in [1.82, 2.24) is 9.97 Å². The molecule has 1 N–H and O–H groups in total. The monoisotopic (exact) mass is 266 g/mol. The molecule has 102 valence electrons. The van der Waals surface area contributed by atoms with Gasteiger partial charge >= 0.3 is 0 Å². The minimum Gasteiger partial charge on any atom is -0.497 e. The molecular weight excluding hydrogens is 248 g/mol. The minimum absolute atomic E-state index is 0.806. The molecule has 3 aromatic rings. The first-order valence-electron chi connectivity index (χ1n) is 6.89. The van der Waals surface area contributed by atoms with Crippen LogP contribution in [0.25, 0.3) is 11.0 Å². The molecule has 0 unspecified atom stereocenters. The van der Waals surface area contributed by atoms with E-state index in [1.807, 2.05) is 12.1 Å². The molecule has 0 bridgehead atoms. The van der Waals surface area contributed by atoms with Crippen LogP contribution in [-0.4, -0.2) is 17.1 Å². The number of methoxy groups -OCH3 is 1. The smallest absolute Gasteiger partial charge is 0.118 e. The predicted molar refractivity (Wildman–Crippen MR) is 81.3 cm³/mol. The Morgan fingerprint density at radius 2 is 1.80 bits per heavy atom. The molecule has 3 heteroatoms. The molecule has 0 aliphatic heterocycles. The largest absolute Gasteiger partial charge is 0.497 e. The lowest BCUT2D eigenvalue weighted by atomic mass is 10.1. The Kier molecular flexibility index (Phi) is 3.42. The standard InChI is InChI=1S/C17H18N2O/c1-3-12-6-9-15-16(10-12)19-17(18-15)11-13-4-7-14(20-2)8-5-13/h4-10H,3,11H2,1-2H3,(H,18,19). The van der Waals surface area contributed by atoms with Gasteiger partial charge in [-0.3, -0.25) is 0 Å². The SMILES string of the molecule is CCc1ccc2nc(Cc3ccc(OC)cc3)[nH]c2c1. The number of nitrogens with one attached hydrogen (secondary N) is 1. The third kappa shape index (κ3) is 2.52. The predicted octanol–water partition coefficient (Wildman–Crippen LogP) is 3.72. The number of hydrogen-bond donors (Lipinski definition) is 1. The van der Waals surface area contributed by atoms with Gasteiger partial charge in [-0.15, -0.1) is 0 Å². The highest BCUT2D eigenvalue weighted by Crippen LogP contribution is 2.17. The van der Waals surface area contributed by atoms with Gasteiger partial charge in [-0.1, -0.05) is 25.1 Å². The second-order valence-corrected chi connectivity index (χ2v) is 4.91. The van der Waals surface area contributed by atoms with Crippen LogP contribution in [0.5, 0.6) is 5.75 Å². The van der Waals surface area contributed by atoms with Crippen LogP contribution >= 0.6 is 0 Å². The van der Waals surface area contributed by atoms with Gasteiger partial charge in [0.05, 0.1) is 18.1 Å². The zero-order valence-corrected chi connectivity index (χ0v) is 11.8. The molecule has 1 heterocycles. The van der Waals surface area contributed by atoms with Gasteiger partial charge in [0, 0.05) is 6.42 Å². The van der Waals surface area contributed by atoms with Crippen molar-refractivity contribution in [3.05, 3.63) is 59.4 Å². The number of nitrogens with zero attached hydrogens (tertiary/aromatic N) is 1. The highest BCUT2D eigenvalue weighted by atomic mass is 16.5. The second-order valence-electron chi connectivity index (χ2n) is 4.91. The summed E-state index contributed by atoms with van der Waals surface area (Å²) in [5, 5.41) is 0. The topological polar surface area (TPSA) is 37.9 Å². The number of ether oxygens (including phenoxy) is 1. The number of imidazole rings is 1. The highest BCUT2D eigenvalue weighted by molar-refractivity contribution is 5.75. The second kappa shape index (κ2) is 5.37. The van der Waals surface area contributed by atoms with Crippen molar-refractivity contribution >= 4 is 11.0 Å². The van der Waals surface area contributed by atoms with Gasteiger partial charge in [0.1, 0.15) is 11.6 Å². The van der Waals surface area contributed by atoms with Crippen LogP contribution in [0.1, 0.15) is 23.9 Å². The van der Waals surface area contributed by atoms with E-state index in [0.717, 1.165) is 35.4 Å².